The van der Waals surface area contributed by atoms with Crippen molar-refractivity contribution < 1.29 is 28.6 Å². The van der Waals surface area contributed by atoms with Gasteiger partial charge in [0.1, 0.15) is 0 Å². The maximum Gasteiger partial charge on any atom is 0.318 e. The molecule has 0 amide bonds. The van der Waals surface area contributed by atoms with Crippen molar-refractivity contribution in [3.05, 3.63) is 35.9 Å². The third-order valence-electron chi connectivity index (χ3n) is 8.95. The lowest BCUT2D eigenvalue weighted by atomic mass is 9.79. The first kappa shape index (κ1) is 43.0. The van der Waals surface area contributed by atoms with Gasteiger partial charge in [0, 0.05) is 5.75 Å². The van der Waals surface area contributed by atoms with E-state index in [2.05, 4.69) is 26.0 Å². The molecule has 0 aliphatic rings. The zero-order valence-corrected chi connectivity index (χ0v) is 31.7. The maximum atomic E-state index is 12.7. The summed E-state index contributed by atoms with van der Waals surface area (Å²) >= 11 is 1.32. The first-order chi connectivity index (χ1) is 22.5. The lowest BCUT2D eigenvalue weighted by molar-refractivity contribution is -0.173. The fourth-order valence-corrected chi connectivity index (χ4v) is 6.75. The van der Waals surface area contributed by atoms with Crippen LogP contribution < -0.4 is 0 Å². The van der Waals surface area contributed by atoms with Gasteiger partial charge in [0.15, 0.2) is 0 Å². The topological polar surface area (TPSA) is 78.9 Å². The van der Waals surface area contributed by atoms with Crippen LogP contribution in [0.1, 0.15) is 169 Å². The lowest BCUT2D eigenvalue weighted by Crippen LogP contribution is -2.30. The average molecular weight is 677 g/mol. The van der Waals surface area contributed by atoms with Crippen molar-refractivity contribution in [1.82, 2.24) is 0 Å². The zero-order valence-electron chi connectivity index (χ0n) is 30.9. The number of carbonyl (C=O) groups excluding carboxylic acids is 3. The molecule has 0 aromatic heterocycles. The number of thioether (sulfide) groups is 1. The van der Waals surface area contributed by atoms with E-state index in [0.717, 1.165) is 19.3 Å². The summed E-state index contributed by atoms with van der Waals surface area (Å²) < 4.78 is 16.0. The second-order valence-electron chi connectivity index (χ2n) is 14.5. The van der Waals surface area contributed by atoms with E-state index in [9.17, 15) is 14.4 Å². The van der Waals surface area contributed by atoms with E-state index < -0.39 is 23.6 Å². The first-order valence-corrected chi connectivity index (χ1v) is 19.8. The Morgan fingerprint density at radius 3 is 1.64 bits per heavy atom. The van der Waals surface area contributed by atoms with E-state index in [4.69, 9.17) is 14.2 Å². The highest BCUT2D eigenvalue weighted by atomic mass is 32.2. The SMILES string of the molecule is CCCCCCCCCCCCCCCCCCOC(=O)C(C)(C)CSCC(=O)OCOC(=O)C(C)(C)CC(CC)c1ccccc1. The van der Waals surface area contributed by atoms with Crippen molar-refractivity contribution in [3.63, 3.8) is 0 Å². The molecule has 1 aromatic carbocycles. The molecule has 1 unspecified atom stereocenters. The first-order valence-electron chi connectivity index (χ1n) is 18.7. The molecule has 0 saturated heterocycles. The Balaban J connectivity index is 2.08. The van der Waals surface area contributed by atoms with Gasteiger partial charge in [-0.2, -0.15) is 0 Å². The molecule has 1 rings (SSSR count). The van der Waals surface area contributed by atoms with E-state index in [1.54, 1.807) is 0 Å². The minimum Gasteiger partial charge on any atom is -0.465 e. The van der Waals surface area contributed by atoms with Crippen molar-refractivity contribution in [3.8, 4) is 0 Å². The standard InChI is InChI=1S/C40H68O6S/c1-7-9-10-11-12-13-14-15-16-17-18-19-20-21-22-26-29-44-38(43)40(5,6)32-47-31-36(41)45-33-46-37(42)39(3,4)30-34(8-2)35-27-24-23-25-28-35/h23-25,27-28,34H,7-22,26,29-33H2,1-6H3. The maximum absolute atomic E-state index is 12.7. The Hall–Kier alpha value is -2.02. The van der Waals surface area contributed by atoms with Crippen molar-refractivity contribution in [1.29, 1.82) is 0 Å². The minimum atomic E-state index is -0.714. The normalized spacial score (nSPS) is 12.5. The fourth-order valence-electron chi connectivity index (χ4n) is 5.77. The van der Waals surface area contributed by atoms with E-state index in [1.807, 2.05) is 45.9 Å². The molecule has 0 N–H and O–H groups in total. The molecule has 0 spiro atoms. The van der Waals surface area contributed by atoms with Crippen molar-refractivity contribution in [2.75, 3.05) is 24.9 Å². The van der Waals surface area contributed by atoms with Crippen molar-refractivity contribution >= 4 is 29.7 Å². The number of ether oxygens (including phenoxy) is 3. The Morgan fingerprint density at radius 2 is 1.13 bits per heavy atom. The summed E-state index contributed by atoms with van der Waals surface area (Å²) in [6, 6.07) is 10.2. The van der Waals surface area contributed by atoms with Crippen LogP contribution in [0.5, 0.6) is 0 Å². The second-order valence-corrected chi connectivity index (χ2v) is 15.5. The van der Waals surface area contributed by atoms with Gasteiger partial charge in [-0.1, -0.05) is 140 Å². The molecule has 0 saturated carbocycles. The summed E-state index contributed by atoms with van der Waals surface area (Å²) in [5.41, 5.74) is -0.217. The molecule has 47 heavy (non-hydrogen) atoms. The third-order valence-corrected chi connectivity index (χ3v) is 10.3. The molecule has 0 bridgehead atoms. The Bertz CT molecular complexity index is 961. The number of hydrogen-bond donors (Lipinski definition) is 0. The number of hydrogen-bond acceptors (Lipinski definition) is 7. The lowest BCUT2D eigenvalue weighted by Gasteiger charge is -2.27. The predicted molar refractivity (Wildman–Crippen MR) is 197 cm³/mol. The number of unbranched alkanes of at least 4 members (excludes halogenated alkanes) is 15. The van der Waals surface area contributed by atoms with Crippen LogP contribution >= 0.6 is 11.8 Å². The van der Waals surface area contributed by atoms with Gasteiger partial charge in [-0.25, -0.2) is 0 Å². The summed E-state index contributed by atoms with van der Waals surface area (Å²) in [5, 5.41) is 0. The molecule has 0 aliphatic carbocycles. The van der Waals surface area contributed by atoms with E-state index in [0.29, 0.717) is 18.8 Å². The van der Waals surface area contributed by atoms with Crippen LogP contribution in [0.2, 0.25) is 0 Å². The van der Waals surface area contributed by atoms with E-state index in [-0.39, 0.29) is 23.6 Å². The molecule has 0 fully saturated rings. The molecular formula is C40H68O6S. The van der Waals surface area contributed by atoms with Gasteiger partial charge in [0.2, 0.25) is 6.79 Å². The Kier molecular flexibility index (Phi) is 23.7. The summed E-state index contributed by atoms with van der Waals surface area (Å²) in [5.74, 6) is -0.361. The monoisotopic (exact) mass is 676 g/mol. The van der Waals surface area contributed by atoms with Crippen LogP contribution in [-0.2, 0) is 28.6 Å². The molecular weight excluding hydrogens is 609 g/mol. The molecule has 6 nitrogen and oxygen atoms in total. The minimum absolute atomic E-state index is 0.0721. The summed E-state index contributed by atoms with van der Waals surface area (Å²) in [6.07, 6.45) is 22.5. The molecule has 7 heteroatoms. The summed E-state index contributed by atoms with van der Waals surface area (Å²) in [6.45, 7) is 11.8. The largest absolute Gasteiger partial charge is 0.465 e. The second kappa shape index (κ2) is 25.9. The van der Waals surface area contributed by atoms with Crippen LogP contribution in [0.25, 0.3) is 0 Å². The Morgan fingerprint density at radius 1 is 0.638 bits per heavy atom. The molecule has 270 valence electrons. The molecule has 1 aromatic rings. The molecule has 0 heterocycles. The Labute approximate surface area is 292 Å². The smallest absolute Gasteiger partial charge is 0.318 e. The third kappa shape index (κ3) is 20.8. The highest BCUT2D eigenvalue weighted by molar-refractivity contribution is 7.99. The summed E-state index contributed by atoms with van der Waals surface area (Å²) in [7, 11) is 0. The van der Waals surface area contributed by atoms with Gasteiger partial charge >= 0.3 is 17.9 Å². The van der Waals surface area contributed by atoms with Gasteiger partial charge < -0.3 is 14.2 Å². The van der Waals surface area contributed by atoms with Crippen LogP contribution in [0.3, 0.4) is 0 Å². The van der Waals surface area contributed by atoms with Crippen LogP contribution in [-0.4, -0.2) is 42.8 Å². The van der Waals surface area contributed by atoms with Gasteiger partial charge in [0.05, 0.1) is 23.2 Å². The van der Waals surface area contributed by atoms with Gasteiger partial charge in [-0.15, -0.1) is 11.8 Å². The average Bonchev–Trinajstić information content (AvgIpc) is 3.05. The zero-order chi connectivity index (χ0) is 34.8. The quantitative estimate of drug-likeness (QED) is 0.0474. The van der Waals surface area contributed by atoms with Gasteiger partial charge in [-0.05, 0) is 58.4 Å². The van der Waals surface area contributed by atoms with Gasteiger partial charge in [0.25, 0.3) is 0 Å². The fraction of sp³-hybridized carbons (Fsp3) is 0.775. The molecule has 1 atom stereocenters. The van der Waals surface area contributed by atoms with Gasteiger partial charge in [-0.3, -0.25) is 14.4 Å². The van der Waals surface area contributed by atoms with Crippen LogP contribution in [0, 0.1) is 10.8 Å². The predicted octanol–water partition coefficient (Wildman–Crippen LogP) is 11.2. The number of carbonyl (C=O) groups is 3. The molecule has 0 radical (unpaired) electrons. The van der Waals surface area contributed by atoms with Crippen LogP contribution in [0.4, 0.5) is 0 Å². The van der Waals surface area contributed by atoms with E-state index in [1.165, 1.54) is 107 Å². The number of rotatable bonds is 29. The highest BCUT2D eigenvalue weighted by Gasteiger charge is 2.33. The summed E-state index contributed by atoms with van der Waals surface area (Å²) in [4.78, 5) is 37.6. The number of esters is 3. The van der Waals surface area contributed by atoms with E-state index >= 15 is 0 Å². The highest BCUT2D eigenvalue weighted by Crippen LogP contribution is 2.35. The van der Waals surface area contributed by atoms with Crippen molar-refractivity contribution in [2.24, 2.45) is 10.8 Å². The van der Waals surface area contributed by atoms with Crippen molar-refractivity contribution in [2.45, 2.75) is 163 Å². The van der Waals surface area contributed by atoms with Crippen LogP contribution in [0.15, 0.2) is 30.3 Å². The number of benzene rings is 1. The molecule has 0 aliphatic heterocycles.